The van der Waals surface area contributed by atoms with Gasteiger partial charge in [-0.3, -0.25) is 14.4 Å². The number of amides is 2. The molecule has 0 aliphatic carbocycles. The number of aromatic nitrogens is 2. The third-order valence-corrected chi connectivity index (χ3v) is 4.88. The van der Waals surface area contributed by atoms with Gasteiger partial charge in [-0.25, -0.2) is 9.97 Å². The van der Waals surface area contributed by atoms with E-state index < -0.39 is 18.0 Å². The number of benzene rings is 1. The van der Waals surface area contributed by atoms with Crippen LogP contribution in [0, 0.1) is 0 Å². The van der Waals surface area contributed by atoms with Crippen molar-refractivity contribution in [2.75, 3.05) is 43.0 Å². The summed E-state index contributed by atoms with van der Waals surface area (Å²) in [5.74, 6) is -0.249. The maximum absolute atomic E-state index is 12.4. The summed E-state index contributed by atoms with van der Waals surface area (Å²) in [5, 5.41) is 2.69. The van der Waals surface area contributed by atoms with Crippen molar-refractivity contribution >= 4 is 29.4 Å². The Kier molecular flexibility index (Phi) is 5.73. The lowest BCUT2D eigenvalue weighted by atomic mass is 10.1. The molecule has 1 saturated heterocycles. The van der Waals surface area contributed by atoms with Gasteiger partial charge in [0.05, 0.1) is 12.1 Å². The van der Waals surface area contributed by atoms with E-state index in [1.165, 1.54) is 0 Å². The van der Waals surface area contributed by atoms with Gasteiger partial charge in [0, 0.05) is 38.6 Å². The molecule has 3 heterocycles. The molecule has 1 fully saturated rings. The highest BCUT2D eigenvalue weighted by molar-refractivity contribution is 5.99. The summed E-state index contributed by atoms with van der Waals surface area (Å²) in [6.45, 7) is 1.79. The smallest absolute Gasteiger partial charge is 0.310 e. The minimum atomic E-state index is -0.989. The number of esters is 1. The molecular formula is C20H21N5O5. The van der Waals surface area contributed by atoms with Crippen LogP contribution in [0.3, 0.4) is 0 Å². The number of rotatable bonds is 5. The summed E-state index contributed by atoms with van der Waals surface area (Å²) < 4.78 is 10.6. The van der Waals surface area contributed by atoms with E-state index in [1.807, 2.05) is 4.90 Å². The number of ether oxygens (including phenoxy) is 2. The van der Waals surface area contributed by atoms with E-state index in [-0.39, 0.29) is 18.9 Å². The fourth-order valence-corrected chi connectivity index (χ4v) is 3.28. The number of nitrogens with one attached hydrogen (secondary N) is 1. The highest BCUT2D eigenvalue weighted by Gasteiger charge is 2.31. The quantitative estimate of drug-likeness (QED) is 0.706. The Balaban J connectivity index is 1.22. The van der Waals surface area contributed by atoms with Gasteiger partial charge >= 0.3 is 5.97 Å². The monoisotopic (exact) mass is 411 g/mol. The Morgan fingerprint density at radius 1 is 1.10 bits per heavy atom. The first-order chi connectivity index (χ1) is 14.6. The Hall–Kier alpha value is -3.69. The first kappa shape index (κ1) is 19.6. The van der Waals surface area contributed by atoms with E-state index in [4.69, 9.17) is 9.47 Å². The minimum absolute atomic E-state index is 0.271. The normalized spacial score (nSPS) is 18.1. The molecule has 0 saturated carbocycles. The molecular weight excluding hydrogens is 390 g/mol. The second kappa shape index (κ2) is 8.76. The number of hydrogen-bond donors (Lipinski definition) is 1. The molecule has 1 aromatic heterocycles. The first-order valence-corrected chi connectivity index (χ1v) is 9.62. The van der Waals surface area contributed by atoms with Crippen LogP contribution in [-0.2, 0) is 19.1 Å². The topological polar surface area (TPSA) is 114 Å². The van der Waals surface area contributed by atoms with Gasteiger partial charge in [-0.05, 0) is 18.2 Å². The molecule has 10 nitrogen and oxygen atoms in total. The maximum atomic E-state index is 12.4. The lowest BCUT2D eigenvalue weighted by molar-refractivity contribution is -0.154. The van der Waals surface area contributed by atoms with E-state index in [9.17, 15) is 14.4 Å². The number of carbonyl (C=O) groups excluding carboxylic acids is 3. The highest BCUT2D eigenvalue weighted by atomic mass is 16.5. The summed E-state index contributed by atoms with van der Waals surface area (Å²) >= 11 is 0. The molecule has 0 spiro atoms. The second-order valence-corrected chi connectivity index (χ2v) is 6.87. The average molecular weight is 411 g/mol. The molecule has 2 aliphatic rings. The molecule has 1 N–H and O–H groups in total. The van der Waals surface area contributed by atoms with Crippen molar-refractivity contribution < 1.29 is 23.9 Å². The lowest BCUT2D eigenvalue weighted by Gasteiger charge is -2.34. The number of nitrogens with zero attached hydrogens (tertiary/aromatic N) is 4. The van der Waals surface area contributed by atoms with Crippen molar-refractivity contribution in [1.82, 2.24) is 14.9 Å². The predicted octanol–water partition coefficient (Wildman–Crippen LogP) is 0.458. The third kappa shape index (κ3) is 4.48. The zero-order valence-corrected chi connectivity index (χ0v) is 16.2. The zero-order chi connectivity index (χ0) is 20.9. The van der Waals surface area contributed by atoms with Gasteiger partial charge in [0.2, 0.25) is 5.95 Å². The van der Waals surface area contributed by atoms with Crippen molar-refractivity contribution in [3.8, 4) is 5.75 Å². The predicted molar refractivity (Wildman–Crippen MR) is 106 cm³/mol. The average Bonchev–Trinajstić information content (AvgIpc) is 2.78. The molecule has 10 heteroatoms. The van der Waals surface area contributed by atoms with Gasteiger partial charge < -0.3 is 24.6 Å². The molecule has 156 valence electrons. The molecule has 0 radical (unpaired) electrons. The molecule has 1 aromatic carbocycles. The van der Waals surface area contributed by atoms with E-state index in [0.29, 0.717) is 43.6 Å². The molecule has 4 rings (SSSR count). The molecule has 1 atom stereocenters. The summed E-state index contributed by atoms with van der Waals surface area (Å²) in [6, 6.07) is 8.71. The van der Waals surface area contributed by atoms with Crippen molar-refractivity contribution in [2.45, 2.75) is 12.5 Å². The minimum Gasteiger partial charge on any atom is -0.478 e. The maximum Gasteiger partial charge on any atom is 0.310 e. The number of piperazine rings is 1. The number of carbonyl (C=O) groups is 3. The summed E-state index contributed by atoms with van der Waals surface area (Å²) in [4.78, 5) is 48.6. The second-order valence-electron chi connectivity index (χ2n) is 6.87. The van der Waals surface area contributed by atoms with Crippen molar-refractivity contribution in [3.63, 3.8) is 0 Å². The SMILES string of the molecule is O=C(C[C@H]1Oc2ccccc2NC1=O)OCC(=O)N1CCN(c2ncccn2)CC1. The molecule has 2 aromatic rings. The fourth-order valence-electron chi connectivity index (χ4n) is 3.28. The fraction of sp³-hybridized carbons (Fsp3) is 0.350. The van der Waals surface area contributed by atoms with Crippen LogP contribution in [0.1, 0.15) is 6.42 Å². The number of fused-ring (bicyclic) bond motifs is 1. The Labute approximate surface area is 172 Å². The lowest BCUT2D eigenvalue weighted by Crippen LogP contribution is -2.50. The standard InChI is InChI=1S/C20H21N5O5/c26-17(24-8-10-25(11-9-24)20-21-6-3-7-22-20)13-29-18(27)12-16-19(28)23-14-4-1-2-5-15(14)30-16/h1-7,16H,8-13H2,(H,23,28)/t16-/m1/s1. The molecule has 0 unspecified atom stereocenters. The summed E-state index contributed by atoms with van der Waals surface area (Å²) in [6.07, 6.45) is 2.09. The third-order valence-electron chi connectivity index (χ3n) is 4.88. The zero-order valence-electron chi connectivity index (χ0n) is 16.2. The summed E-state index contributed by atoms with van der Waals surface area (Å²) in [7, 11) is 0. The molecule has 2 aliphatic heterocycles. The van der Waals surface area contributed by atoms with Crippen molar-refractivity contribution in [3.05, 3.63) is 42.7 Å². The van der Waals surface area contributed by atoms with Gasteiger partial charge in [-0.1, -0.05) is 12.1 Å². The van der Waals surface area contributed by atoms with Crippen LogP contribution in [-0.4, -0.2) is 71.5 Å². The highest BCUT2D eigenvalue weighted by Crippen LogP contribution is 2.29. The van der Waals surface area contributed by atoms with E-state index >= 15 is 0 Å². The van der Waals surface area contributed by atoms with Gasteiger partial charge in [0.25, 0.3) is 11.8 Å². The van der Waals surface area contributed by atoms with E-state index in [0.717, 1.165) is 0 Å². The van der Waals surface area contributed by atoms with Crippen LogP contribution < -0.4 is 15.0 Å². The van der Waals surface area contributed by atoms with E-state index in [2.05, 4.69) is 15.3 Å². The molecule has 2 amide bonds. The Morgan fingerprint density at radius 2 is 1.83 bits per heavy atom. The van der Waals surface area contributed by atoms with Gasteiger partial charge in [0.1, 0.15) is 5.75 Å². The van der Waals surface area contributed by atoms with Crippen LogP contribution in [0.25, 0.3) is 0 Å². The van der Waals surface area contributed by atoms with Gasteiger partial charge in [-0.2, -0.15) is 0 Å². The van der Waals surface area contributed by atoms with Crippen LogP contribution in [0.5, 0.6) is 5.75 Å². The van der Waals surface area contributed by atoms with Crippen LogP contribution in [0.15, 0.2) is 42.7 Å². The Bertz CT molecular complexity index is 930. The number of hydrogen-bond acceptors (Lipinski definition) is 8. The molecule has 0 bridgehead atoms. The molecule has 30 heavy (non-hydrogen) atoms. The van der Waals surface area contributed by atoms with Gasteiger partial charge in [-0.15, -0.1) is 0 Å². The van der Waals surface area contributed by atoms with Crippen LogP contribution >= 0.6 is 0 Å². The summed E-state index contributed by atoms with van der Waals surface area (Å²) in [5.41, 5.74) is 0.558. The van der Waals surface area contributed by atoms with Crippen molar-refractivity contribution in [2.24, 2.45) is 0 Å². The van der Waals surface area contributed by atoms with Crippen molar-refractivity contribution in [1.29, 1.82) is 0 Å². The Morgan fingerprint density at radius 3 is 2.60 bits per heavy atom. The largest absolute Gasteiger partial charge is 0.478 e. The van der Waals surface area contributed by atoms with E-state index in [1.54, 1.807) is 47.6 Å². The number of para-hydroxylation sites is 2. The van der Waals surface area contributed by atoms with Crippen LogP contribution in [0.4, 0.5) is 11.6 Å². The van der Waals surface area contributed by atoms with Crippen LogP contribution in [0.2, 0.25) is 0 Å². The first-order valence-electron chi connectivity index (χ1n) is 9.62. The van der Waals surface area contributed by atoms with Gasteiger partial charge in [0.15, 0.2) is 12.7 Å². The number of anilines is 2.